The van der Waals surface area contributed by atoms with Gasteiger partial charge in [0.15, 0.2) is 0 Å². The Hall–Kier alpha value is -0.0100. The molecule has 0 aromatic carbocycles. The Balaban J connectivity index is 1.75. The van der Waals surface area contributed by atoms with E-state index in [9.17, 15) is 0 Å². The highest BCUT2D eigenvalue weighted by Gasteiger charge is 2.39. The van der Waals surface area contributed by atoms with Crippen LogP contribution < -0.4 is 0 Å². The zero-order valence-corrected chi connectivity index (χ0v) is 9.65. The lowest BCUT2D eigenvalue weighted by molar-refractivity contribution is 0.0371. The van der Waals surface area contributed by atoms with Gasteiger partial charge in [-0.3, -0.25) is 4.90 Å². The van der Waals surface area contributed by atoms with E-state index in [1.54, 1.807) is 0 Å². The van der Waals surface area contributed by atoms with E-state index in [4.69, 9.17) is 11.6 Å². The fourth-order valence-corrected chi connectivity index (χ4v) is 2.81. The number of piperidine rings is 1. The minimum atomic E-state index is 0.613. The Bertz CT molecular complexity index is 210. The molecule has 2 fully saturated rings. The SMILES string of the molecule is C=C(CCl)CN1CCC2(CCC2)CC1. The van der Waals surface area contributed by atoms with Gasteiger partial charge in [0.1, 0.15) is 0 Å². The van der Waals surface area contributed by atoms with Gasteiger partial charge in [-0.1, -0.05) is 13.0 Å². The van der Waals surface area contributed by atoms with Crippen LogP contribution in [0.3, 0.4) is 0 Å². The molecule has 14 heavy (non-hydrogen) atoms. The third-order valence-electron chi connectivity index (χ3n) is 3.97. The maximum atomic E-state index is 5.74. The standard InChI is InChI=1S/C12H20ClN/c1-11(9-13)10-14-7-5-12(6-8-14)3-2-4-12/h1-10H2. The van der Waals surface area contributed by atoms with Crippen LogP contribution in [0, 0.1) is 5.41 Å². The van der Waals surface area contributed by atoms with Crippen LogP contribution >= 0.6 is 11.6 Å². The van der Waals surface area contributed by atoms with Crippen molar-refractivity contribution < 1.29 is 0 Å². The van der Waals surface area contributed by atoms with Crippen molar-refractivity contribution in [3.8, 4) is 0 Å². The molecular weight excluding hydrogens is 194 g/mol. The lowest BCUT2D eigenvalue weighted by atomic mass is 9.63. The summed E-state index contributed by atoms with van der Waals surface area (Å²) >= 11 is 5.74. The molecule has 1 aliphatic heterocycles. The fraction of sp³-hybridized carbons (Fsp3) is 0.833. The zero-order valence-electron chi connectivity index (χ0n) is 8.90. The third-order valence-corrected chi connectivity index (χ3v) is 4.35. The first-order valence-corrected chi connectivity index (χ1v) is 6.23. The number of nitrogens with zero attached hydrogens (tertiary/aromatic N) is 1. The Kier molecular flexibility index (Phi) is 3.18. The molecule has 1 nitrogen and oxygen atoms in total. The molecule has 1 saturated carbocycles. The van der Waals surface area contributed by atoms with Gasteiger partial charge in [-0.2, -0.15) is 0 Å². The van der Waals surface area contributed by atoms with E-state index in [2.05, 4.69) is 11.5 Å². The molecule has 0 radical (unpaired) electrons. The van der Waals surface area contributed by atoms with Crippen LogP contribution in [0.4, 0.5) is 0 Å². The Morgan fingerprint density at radius 1 is 1.21 bits per heavy atom. The first kappa shape index (κ1) is 10.5. The number of likely N-dealkylation sites (tertiary alicyclic amines) is 1. The summed E-state index contributed by atoms with van der Waals surface area (Å²) in [6, 6.07) is 0. The summed E-state index contributed by atoms with van der Waals surface area (Å²) in [6.45, 7) is 7.50. The average molecular weight is 214 g/mol. The van der Waals surface area contributed by atoms with Crippen LogP contribution in [-0.4, -0.2) is 30.4 Å². The average Bonchev–Trinajstić information content (AvgIpc) is 2.16. The molecule has 1 aliphatic carbocycles. The number of hydrogen-bond donors (Lipinski definition) is 0. The molecule has 0 aromatic heterocycles. The molecule has 2 rings (SSSR count). The van der Waals surface area contributed by atoms with Gasteiger partial charge in [0, 0.05) is 12.4 Å². The summed E-state index contributed by atoms with van der Waals surface area (Å²) in [5, 5.41) is 0. The fourth-order valence-electron chi connectivity index (χ4n) is 2.72. The second-order valence-electron chi connectivity index (χ2n) is 5.01. The van der Waals surface area contributed by atoms with Gasteiger partial charge in [-0.25, -0.2) is 0 Å². The molecule has 1 saturated heterocycles. The Morgan fingerprint density at radius 3 is 2.29 bits per heavy atom. The van der Waals surface area contributed by atoms with Crippen molar-refractivity contribution in [3.05, 3.63) is 12.2 Å². The molecule has 80 valence electrons. The summed E-state index contributed by atoms with van der Waals surface area (Å²) in [5.74, 6) is 0.613. The van der Waals surface area contributed by atoms with Crippen LogP contribution in [0.5, 0.6) is 0 Å². The number of hydrogen-bond acceptors (Lipinski definition) is 1. The largest absolute Gasteiger partial charge is 0.299 e. The summed E-state index contributed by atoms with van der Waals surface area (Å²) in [4.78, 5) is 2.51. The smallest absolute Gasteiger partial charge is 0.0443 e. The summed E-state index contributed by atoms with van der Waals surface area (Å²) < 4.78 is 0. The summed E-state index contributed by atoms with van der Waals surface area (Å²) in [6.07, 6.45) is 7.24. The van der Waals surface area contributed by atoms with Gasteiger partial charge in [0.05, 0.1) is 0 Å². The number of rotatable bonds is 3. The van der Waals surface area contributed by atoms with Gasteiger partial charge in [-0.15, -0.1) is 11.6 Å². The first-order valence-electron chi connectivity index (χ1n) is 5.69. The molecule has 0 amide bonds. The second-order valence-corrected chi connectivity index (χ2v) is 5.28. The van der Waals surface area contributed by atoms with Gasteiger partial charge >= 0.3 is 0 Å². The van der Waals surface area contributed by atoms with Crippen LogP contribution in [0.15, 0.2) is 12.2 Å². The maximum Gasteiger partial charge on any atom is 0.0443 e. The van der Waals surface area contributed by atoms with Crippen molar-refractivity contribution in [2.75, 3.05) is 25.5 Å². The van der Waals surface area contributed by atoms with E-state index in [1.165, 1.54) is 45.2 Å². The third kappa shape index (κ3) is 2.14. The van der Waals surface area contributed by atoms with Crippen LogP contribution in [-0.2, 0) is 0 Å². The van der Waals surface area contributed by atoms with E-state index >= 15 is 0 Å². The highest BCUT2D eigenvalue weighted by Crippen LogP contribution is 2.48. The van der Waals surface area contributed by atoms with Crippen molar-refractivity contribution in [1.82, 2.24) is 4.90 Å². The molecule has 1 heterocycles. The molecule has 2 aliphatic rings. The normalized spacial score (nSPS) is 26.1. The molecular formula is C12H20ClN. The van der Waals surface area contributed by atoms with E-state index in [0.29, 0.717) is 5.88 Å². The summed E-state index contributed by atoms with van der Waals surface area (Å²) in [5.41, 5.74) is 1.93. The second kappa shape index (κ2) is 4.24. The van der Waals surface area contributed by atoms with E-state index in [0.717, 1.165) is 17.5 Å². The number of halogens is 1. The molecule has 2 heteroatoms. The van der Waals surface area contributed by atoms with E-state index in [-0.39, 0.29) is 0 Å². The minimum absolute atomic E-state index is 0.613. The highest BCUT2D eigenvalue weighted by molar-refractivity contribution is 6.19. The van der Waals surface area contributed by atoms with Crippen molar-refractivity contribution >= 4 is 11.6 Å². The minimum Gasteiger partial charge on any atom is -0.299 e. The maximum absolute atomic E-state index is 5.74. The van der Waals surface area contributed by atoms with Crippen LogP contribution in [0.25, 0.3) is 0 Å². The van der Waals surface area contributed by atoms with Gasteiger partial charge in [-0.05, 0) is 49.8 Å². The van der Waals surface area contributed by atoms with Crippen molar-refractivity contribution in [3.63, 3.8) is 0 Å². The van der Waals surface area contributed by atoms with Crippen molar-refractivity contribution in [1.29, 1.82) is 0 Å². The predicted molar refractivity (Wildman–Crippen MR) is 61.8 cm³/mol. The molecule has 0 aromatic rings. The first-order chi connectivity index (χ1) is 6.74. The number of alkyl halides is 1. The van der Waals surface area contributed by atoms with Crippen molar-refractivity contribution in [2.45, 2.75) is 32.1 Å². The van der Waals surface area contributed by atoms with Crippen molar-refractivity contribution in [2.24, 2.45) is 5.41 Å². The van der Waals surface area contributed by atoms with Crippen LogP contribution in [0.1, 0.15) is 32.1 Å². The molecule has 0 atom stereocenters. The van der Waals surface area contributed by atoms with Gasteiger partial charge in [0.25, 0.3) is 0 Å². The van der Waals surface area contributed by atoms with E-state index in [1.807, 2.05) is 0 Å². The topological polar surface area (TPSA) is 3.24 Å². The predicted octanol–water partition coefficient (Wildman–Crippen LogP) is 3.05. The Morgan fingerprint density at radius 2 is 1.86 bits per heavy atom. The molecule has 0 unspecified atom stereocenters. The highest BCUT2D eigenvalue weighted by atomic mass is 35.5. The van der Waals surface area contributed by atoms with Crippen LogP contribution in [0.2, 0.25) is 0 Å². The zero-order chi connectivity index (χ0) is 10.0. The lowest BCUT2D eigenvalue weighted by Gasteiger charge is -2.48. The molecule has 1 spiro atoms. The molecule has 0 bridgehead atoms. The van der Waals surface area contributed by atoms with Gasteiger partial charge in [0.2, 0.25) is 0 Å². The van der Waals surface area contributed by atoms with Gasteiger partial charge < -0.3 is 0 Å². The monoisotopic (exact) mass is 213 g/mol. The molecule has 0 N–H and O–H groups in total. The summed E-state index contributed by atoms with van der Waals surface area (Å²) in [7, 11) is 0. The Labute approximate surface area is 92.1 Å². The lowest BCUT2D eigenvalue weighted by Crippen LogP contribution is -2.44. The van der Waals surface area contributed by atoms with E-state index < -0.39 is 0 Å². The quantitative estimate of drug-likeness (QED) is 0.515.